The summed E-state index contributed by atoms with van der Waals surface area (Å²) < 4.78 is 1.03. The van der Waals surface area contributed by atoms with Crippen molar-refractivity contribution in [3.05, 3.63) is 33.3 Å². The number of hydrogen-bond donors (Lipinski definition) is 1. The van der Waals surface area contributed by atoms with Crippen LogP contribution in [0.3, 0.4) is 0 Å². The fourth-order valence-electron chi connectivity index (χ4n) is 2.27. The Balaban J connectivity index is 2.32. The maximum Gasteiger partial charge on any atom is 0.0452 e. The number of nitrogens with two attached hydrogens (primary N) is 1. The van der Waals surface area contributed by atoms with Gasteiger partial charge in [0.25, 0.3) is 0 Å². The van der Waals surface area contributed by atoms with Gasteiger partial charge in [-0.05, 0) is 35.4 Å². The molecule has 1 aromatic carbocycles. The van der Waals surface area contributed by atoms with E-state index in [1.807, 2.05) is 12.1 Å². The average Bonchev–Trinajstić information content (AvgIpc) is 2.15. The molecule has 2 atom stereocenters. The Kier molecular flexibility index (Phi) is 2.87. The maximum atomic E-state index is 6.24. The summed E-state index contributed by atoms with van der Waals surface area (Å²) in [6, 6.07) is 6.39. The van der Waals surface area contributed by atoms with E-state index in [-0.39, 0.29) is 5.41 Å². The second kappa shape index (κ2) is 3.76. The monoisotopic (exact) mass is 287 g/mol. The van der Waals surface area contributed by atoms with E-state index in [0.29, 0.717) is 12.0 Å². The first-order valence-electron chi connectivity index (χ1n) is 5.13. The normalized spacial score (nSPS) is 28.6. The Morgan fingerprint density at radius 1 is 1.47 bits per heavy atom. The summed E-state index contributed by atoms with van der Waals surface area (Å²) in [4.78, 5) is 0. The molecule has 0 amide bonds. The molecule has 1 aliphatic rings. The molecule has 82 valence electrons. The van der Waals surface area contributed by atoms with Gasteiger partial charge in [-0.15, -0.1) is 0 Å². The third-order valence-corrected chi connectivity index (χ3v) is 4.50. The molecule has 15 heavy (non-hydrogen) atoms. The highest BCUT2D eigenvalue weighted by Gasteiger charge is 2.47. The van der Waals surface area contributed by atoms with Crippen molar-refractivity contribution >= 4 is 27.5 Å². The Labute approximate surface area is 104 Å². The first-order chi connectivity index (χ1) is 6.93. The van der Waals surface area contributed by atoms with Crippen LogP contribution in [-0.4, -0.2) is 6.04 Å². The minimum atomic E-state index is 0.164. The van der Waals surface area contributed by atoms with Gasteiger partial charge in [0.15, 0.2) is 0 Å². The van der Waals surface area contributed by atoms with Crippen LogP contribution in [0.5, 0.6) is 0 Å². The van der Waals surface area contributed by atoms with E-state index in [4.69, 9.17) is 17.3 Å². The van der Waals surface area contributed by atoms with Crippen molar-refractivity contribution in [2.45, 2.75) is 32.2 Å². The minimum Gasteiger partial charge on any atom is -0.327 e. The van der Waals surface area contributed by atoms with Crippen molar-refractivity contribution in [1.82, 2.24) is 0 Å². The van der Waals surface area contributed by atoms with E-state index < -0.39 is 0 Å². The lowest BCUT2D eigenvalue weighted by atomic mass is 9.57. The van der Waals surface area contributed by atoms with Crippen molar-refractivity contribution in [1.29, 1.82) is 0 Å². The molecule has 1 aliphatic carbocycles. The molecule has 1 nitrogen and oxygen atoms in total. The van der Waals surface area contributed by atoms with Crippen LogP contribution in [0, 0.1) is 5.41 Å². The number of hydrogen-bond acceptors (Lipinski definition) is 1. The van der Waals surface area contributed by atoms with Gasteiger partial charge in [-0.1, -0.05) is 47.4 Å². The summed E-state index contributed by atoms with van der Waals surface area (Å²) in [7, 11) is 0. The van der Waals surface area contributed by atoms with E-state index in [9.17, 15) is 0 Å². The molecule has 0 radical (unpaired) electrons. The summed E-state index contributed by atoms with van der Waals surface area (Å²) in [5, 5.41) is 0.842. The van der Waals surface area contributed by atoms with Crippen LogP contribution >= 0.6 is 27.5 Å². The van der Waals surface area contributed by atoms with Crippen LogP contribution in [0.2, 0.25) is 5.02 Å². The molecule has 0 aliphatic heterocycles. The quantitative estimate of drug-likeness (QED) is 0.832. The predicted molar refractivity (Wildman–Crippen MR) is 68.3 cm³/mol. The van der Waals surface area contributed by atoms with Crippen molar-refractivity contribution in [3.8, 4) is 0 Å². The largest absolute Gasteiger partial charge is 0.327 e. The summed E-state index contributed by atoms with van der Waals surface area (Å²) >= 11 is 9.66. The van der Waals surface area contributed by atoms with E-state index in [1.54, 1.807) is 0 Å². The van der Waals surface area contributed by atoms with Crippen LogP contribution in [0.15, 0.2) is 22.7 Å². The summed E-state index contributed by atoms with van der Waals surface area (Å²) in [5.41, 5.74) is 7.40. The minimum absolute atomic E-state index is 0.164. The molecular weight excluding hydrogens is 273 g/mol. The Morgan fingerprint density at radius 2 is 2.13 bits per heavy atom. The Hall–Kier alpha value is -0.0500. The molecule has 0 bridgehead atoms. The van der Waals surface area contributed by atoms with Crippen LogP contribution in [0.4, 0.5) is 0 Å². The molecule has 2 N–H and O–H groups in total. The van der Waals surface area contributed by atoms with E-state index >= 15 is 0 Å². The van der Waals surface area contributed by atoms with Crippen LogP contribution in [0.1, 0.15) is 31.7 Å². The molecule has 0 aromatic heterocycles. The highest BCUT2D eigenvalue weighted by Crippen LogP contribution is 2.53. The zero-order valence-electron chi connectivity index (χ0n) is 8.93. The van der Waals surface area contributed by atoms with Crippen molar-refractivity contribution in [2.24, 2.45) is 11.1 Å². The van der Waals surface area contributed by atoms with E-state index in [1.165, 1.54) is 5.56 Å². The van der Waals surface area contributed by atoms with Crippen LogP contribution in [0.25, 0.3) is 0 Å². The zero-order chi connectivity index (χ0) is 11.2. The van der Waals surface area contributed by atoms with Gasteiger partial charge in [0.1, 0.15) is 0 Å². The molecule has 0 heterocycles. The lowest BCUT2D eigenvalue weighted by molar-refractivity contribution is 0.0984. The van der Waals surface area contributed by atoms with Gasteiger partial charge in [-0.3, -0.25) is 0 Å². The van der Waals surface area contributed by atoms with Crippen molar-refractivity contribution < 1.29 is 0 Å². The lowest BCUT2D eigenvalue weighted by Crippen LogP contribution is -2.52. The summed E-state index contributed by atoms with van der Waals surface area (Å²) in [5.74, 6) is 0.494. The topological polar surface area (TPSA) is 26.0 Å². The smallest absolute Gasteiger partial charge is 0.0452 e. The molecule has 2 unspecified atom stereocenters. The van der Waals surface area contributed by atoms with Gasteiger partial charge in [0, 0.05) is 15.5 Å². The van der Waals surface area contributed by atoms with Gasteiger partial charge >= 0.3 is 0 Å². The second-order valence-electron chi connectivity index (χ2n) is 4.88. The molecule has 0 spiro atoms. The number of rotatable bonds is 1. The second-order valence-corrected chi connectivity index (χ2v) is 6.20. The van der Waals surface area contributed by atoms with Gasteiger partial charge in [-0.2, -0.15) is 0 Å². The van der Waals surface area contributed by atoms with Gasteiger partial charge in [0.2, 0.25) is 0 Å². The predicted octanol–water partition coefficient (Wildman–Crippen LogP) is 3.94. The number of halogens is 2. The maximum absolute atomic E-state index is 6.24. The highest BCUT2D eigenvalue weighted by atomic mass is 79.9. The highest BCUT2D eigenvalue weighted by molar-refractivity contribution is 9.10. The summed E-state index contributed by atoms with van der Waals surface area (Å²) in [6.07, 6.45) is 1.04. The van der Waals surface area contributed by atoms with Crippen molar-refractivity contribution in [2.75, 3.05) is 0 Å². The molecule has 1 aromatic rings. The first-order valence-corrected chi connectivity index (χ1v) is 6.30. The van der Waals surface area contributed by atoms with Gasteiger partial charge in [0.05, 0.1) is 0 Å². The average molecular weight is 289 g/mol. The third kappa shape index (κ3) is 1.83. The lowest BCUT2D eigenvalue weighted by Gasteiger charge is -2.51. The van der Waals surface area contributed by atoms with Gasteiger partial charge in [-0.25, -0.2) is 0 Å². The molecule has 0 saturated heterocycles. The van der Waals surface area contributed by atoms with Gasteiger partial charge < -0.3 is 5.73 Å². The standard InChI is InChI=1S/C12H15BrClN/c1-12(2)9(6-11(12)15)8-4-3-7(13)5-10(8)14/h3-5,9,11H,6,15H2,1-2H3. The van der Waals surface area contributed by atoms with Crippen LogP contribution < -0.4 is 5.73 Å². The summed E-state index contributed by atoms with van der Waals surface area (Å²) in [6.45, 7) is 4.43. The molecule has 3 heteroatoms. The van der Waals surface area contributed by atoms with E-state index in [0.717, 1.165) is 15.9 Å². The van der Waals surface area contributed by atoms with Crippen LogP contribution in [-0.2, 0) is 0 Å². The third-order valence-electron chi connectivity index (χ3n) is 3.68. The molecule has 2 rings (SSSR count). The zero-order valence-corrected chi connectivity index (χ0v) is 11.3. The Bertz CT molecular complexity index is 389. The molecule has 1 saturated carbocycles. The van der Waals surface area contributed by atoms with E-state index in [2.05, 4.69) is 35.8 Å². The SMILES string of the molecule is CC1(C)C(N)CC1c1ccc(Br)cc1Cl. The Morgan fingerprint density at radius 3 is 2.60 bits per heavy atom. The first kappa shape index (κ1) is 11.4. The van der Waals surface area contributed by atoms with Crippen molar-refractivity contribution in [3.63, 3.8) is 0 Å². The molecular formula is C12H15BrClN. The fraction of sp³-hybridized carbons (Fsp3) is 0.500. The fourth-order valence-corrected chi connectivity index (χ4v) is 3.08. The number of benzene rings is 1. The molecule has 1 fully saturated rings.